The van der Waals surface area contributed by atoms with Gasteiger partial charge in [-0.25, -0.2) is 4.79 Å². The summed E-state index contributed by atoms with van der Waals surface area (Å²) in [5, 5.41) is 2.21. The first-order valence-corrected chi connectivity index (χ1v) is 6.11. The molecule has 0 radical (unpaired) electrons. The monoisotopic (exact) mass is 316 g/mol. The summed E-state index contributed by atoms with van der Waals surface area (Å²) < 4.78 is 43.2. The Bertz CT molecular complexity index is 637. The van der Waals surface area contributed by atoms with Crippen LogP contribution in [0.5, 0.6) is 0 Å². The number of amides is 1. The van der Waals surface area contributed by atoms with E-state index >= 15 is 0 Å². The number of hydrogen-bond donors (Lipinski definition) is 2. The fourth-order valence-electron chi connectivity index (χ4n) is 1.76. The van der Waals surface area contributed by atoms with E-state index in [9.17, 15) is 22.8 Å². The van der Waals surface area contributed by atoms with Crippen LogP contribution in [0.3, 0.4) is 0 Å². The molecule has 0 fully saturated rings. The summed E-state index contributed by atoms with van der Waals surface area (Å²) >= 11 is 0. The highest BCUT2D eigenvalue weighted by Crippen LogP contribution is 2.36. The van der Waals surface area contributed by atoms with Gasteiger partial charge in [-0.1, -0.05) is 0 Å². The molecule has 1 aromatic rings. The Morgan fingerprint density at radius 2 is 1.91 bits per heavy atom. The topological polar surface area (TPSA) is 81.4 Å². The van der Waals surface area contributed by atoms with Crippen LogP contribution in [0.4, 0.5) is 18.9 Å². The standard InChI is InChI=1S/C14H15F3N2O3/c1-7-4-9(5-10(12(7)18)14(15,16)17)6-11(13(21)22-3)19-8(2)20/h4-6H,18H2,1-3H3,(H,19,20)/b11-6-. The summed E-state index contributed by atoms with van der Waals surface area (Å²) in [7, 11) is 1.09. The van der Waals surface area contributed by atoms with Gasteiger partial charge in [0.2, 0.25) is 5.91 Å². The fourth-order valence-corrected chi connectivity index (χ4v) is 1.76. The zero-order valence-electron chi connectivity index (χ0n) is 12.2. The van der Waals surface area contributed by atoms with Crippen molar-refractivity contribution in [2.45, 2.75) is 20.0 Å². The lowest BCUT2D eigenvalue weighted by atomic mass is 10.0. The molecule has 3 N–H and O–H groups in total. The normalized spacial score (nSPS) is 12.0. The Hall–Kier alpha value is -2.51. The molecule has 0 aliphatic rings. The molecule has 0 bridgehead atoms. The number of nitrogens with one attached hydrogen (secondary N) is 1. The van der Waals surface area contributed by atoms with E-state index in [1.54, 1.807) is 0 Å². The van der Waals surface area contributed by atoms with Crippen LogP contribution in [0.15, 0.2) is 17.8 Å². The maximum atomic E-state index is 12.9. The molecule has 120 valence electrons. The predicted octanol–water partition coefficient (Wildman–Crippen LogP) is 2.25. The molecule has 0 spiro atoms. The van der Waals surface area contributed by atoms with Crippen molar-refractivity contribution >= 4 is 23.6 Å². The summed E-state index contributed by atoms with van der Waals surface area (Å²) in [5.74, 6) is -1.43. The molecule has 0 saturated heterocycles. The first-order chi connectivity index (χ1) is 10.1. The highest BCUT2D eigenvalue weighted by Gasteiger charge is 2.33. The van der Waals surface area contributed by atoms with Gasteiger partial charge in [-0.3, -0.25) is 4.79 Å². The number of carbonyl (C=O) groups excluding carboxylic acids is 2. The van der Waals surface area contributed by atoms with Gasteiger partial charge in [0.1, 0.15) is 5.70 Å². The molecule has 0 unspecified atom stereocenters. The lowest BCUT2D eigenvalue weighted by Gasteiger charge is -2.14. The number of ether oxygens (including phenoxy) is 1. The third-order valence-corrected chi connectivity index (χ3v) is 2.74. The van der Waals surface area contributed by atoms with Gasteiger partial charge in [-0.15, -0.1) is 0 Å². The number of esters is 1. The number of anilines is 1. The van der Waals surface area contributed by atoms with Crippen molar-refractivity contribution in [3.8, 4) is 0 Å². The second-order valence-electron chi connectivity index (χ2n) is 4.53. The van der Waals surface area contributed by atoms with E-state index in [-0.39, 0.29) is 22.5 Å². The highest BCUT2D eigenvalue weighted by atomic mass is 19.4. The van der Waals surface area contributed by atoms with Gasteiger partial charge in [0.25, 0.3) is 0 Å². The molecule has 0 heterocycles. The number of hydrogen-bond acceptors (Lipinski definition) is 4. The van der Waals surface area contributed by atoms with Crippen molar-refractivity contribution in [2.75, 3.05) is 12.8 Å². The minimum absolute atomic E-state index is 0.0631. The van der Waals surface area contributed by atoms with Gasteiger partial charge in [-0.05, 0) is 36.3 Å². The number of nitrogens with two attached hydrogens (primary N) is 1. The van der Waals surface area contributed by atoms with E-state index in [1.807, 2.05) is 0 Å². The summed E-state index contributed by atoms with van der Waals surface area (Å²) in [5.41, 5.74) is 4.03. The van der Waals surface area contributed by atoms with Crippen molar-refractivity contribution in [2.24, 2.45) is 0 Å². The maximum absolute atomic E-state index is 12.9. The van der Waals surface area contributed by atoms with Crippen LogP contribution in [0, 0.1) is 6.92 Å². The summed E-state index contributed by atoms with van der Waals surface area (Å²) in [6, 6.07) is 2.17. The zero-order valence-corrected chi connectivity index (χ0v) is 12.2. The number of rotatable bonds is 3. The molecule has 0 aliphatic carbocycles. The Labute approximate surface area is 124 Å². The van der Waals surface area contributed by atoms with Crippen LogP contribution >= 0.6 is 0 Å². The van der Waals surface area contributed by atoms with Crippen LogP contribution in [-0.4, -0.2) is 19.0 Å². The SMILES string of the molecule is COC(=O)/C(=C/c1cc(C)c(N)c(C(F)(F)F)c1)NC(C)=O. The van der Waals surface area contributed by atoms with Crippen LogP contribution < -0.4 is 11.1 Å². The van der Waals surface area contributed by atoms with Crippen molar-refractivity contribution in [3.63, 3.8) is 0 Å². The van der Waals surface area contributed by atoms with E-state index in [1.165, 1.54) is 13.0 Å². The van der Waals surface area contributed by atoms with Gasteiger partial charge in [-0.2, -0.15) is 13.2 Å². The first kappa shape index (κ1) is 17.5. The molecule has 1 rings (SSSR count). The Morgan fingerprint density at radius 3 is 2.36 bits per heavy atom. The Balaban J connectivity index is 3.41. The minimum atomic E-state index is -4.63. The number of alkyl halides is 3. The summed E-state index contributed by atoms with van der Waals surface area (Å²) in [6.45, 7) is 2.57. The molecule has 5 nitrogen and oxygen atoms in total. The molecular weight excluding hydrogens is 301 g/mol. The lowest BCUT2D eigenvalue weighted by Crippen LogP contribution is -2.25. The van der Waals surface area contributed by atoms with E-state index < -0.39 is 23.6 Å². The highest BCUT2D eigenvalue weighted by molar-refractivity contribution is 5.97. The van der Waals surface area contributed by atoms with Crippen LogP contribution in [0.1, 0.15) is 23.6 Å². The molecule has 0 aromatic heterocycles. The van der Waals surface area contributed by atoms with E-state index in [0.717, 1.165) is 26.2 Å². The van der Waals surface area contributed by atoms with Gasteiger partial charge in [0, 0.05) is 12.6 Å². The first-order valence-electron chi connectivity index (χ1n) is 6.11. The third kappa shape index (κ3) is 4.24. The Kier molecular flexibility index (Phi) is 5.19. The summed E-state index contributed by atoms with van der Waals surface area (Å²) in [6.07, 6.45) is -3.53. The molecular formula is C14H15F3N2O3. The number of halogens is 3. The number of aryl methyl sites for hydroxylation is 1. The molecule has 1 amide bonds. The minimum Gasteiger partial charge on any atom is -0.464 e. The van der Waals surface area contributed by atoms with Crippen molar-refractivity contribution in [1.29, 1.82) is 0 Å². The zero-order chi connectivity index (χ0) is 17.1. The van der Waals surface area contributed by atoms with E-state index in [2.05, 4.69) is 10.1 Å². The number of benzene rings is 1. The predicted molar refractivity (Wildman–Crippen MR) is 74.4 cm³/mol. The average molecular weight is 316 g/mol. The molecule has 8 heteroatoms. The van der Waals surface area contributed by atoms with E-state index in [0.29, 0.717) is 0 Å². The summed E-state index contributed by atoms with van der Waals surface area (Å²) in [4.78, 5) is 22.6. The Morgan fingerprint density at radius 1 is 1.32 bits per heavy atom. The molecule has 0 aliphatic heterocycles. The van der Waals surface area contributed by atoms with E-state index in [4.69, 9.17) is 5.73 Å². The van der Waals surface area contributed by atoms with Crippen molar-refractivity contribution in [3.05, 3.63) is 34.5 Å². The second kappa shape index (κ2) is 6.50. The van der Waals surface area contributed by atoms with Gasteiger partial charge in [0.15, 0.2) is 0 Å². The van der Waals surface area contributed by atoms with Crippen LogP contribution in [-0.2, 0) is 20.5 Å². The average Bonchev–Trinajstić information content (AvgIpc) is 2.39. The molecule has 22 heavy (non-hydrogen) atoms. The van der Waals surface area contributed by atoms with Crippen molar-refractivity contribution in [1.82, 2.24) is 5.32 Å². The van der Waals surface area contributed by atoms with Crippen LogP contribution in [0.25, 0.3) is 6.08 Å². The van der Waals surface area contributed by atoms with Crippen molar-refractivity contribution < 1.29 is 27.5 Å². The third-order valence-electron chi connectivity index (χ3n) is 2.74. The van der Waals surface area contributed by atoms with Gasteiger partial charge >= 0.3 is 12.1 Å². The quantitative estimate of drug-likeness (QED) is 0.509. The number of methoxy groups -OCH3 is 1. The second-order valence-corrected chi connectivity index (χ2v) is 4.53. The van der Waals surface area contributed by atoms with Gasteiger partial charge in [0.05, 0.1) is 12.7 Å². The molecule has 1 aromatic carbocycles. The maximum Gasteiger partial charge on any atom is 0.418 e. The smallest absolute Gasteiger partial charge is 0.418 e. The number of carbonyl (C=O) groups is 2. The fraction of sp³-hybridized carbons (Fsp3) is 0.286. The van der Waals surface area contributed by atoms with Crippen LogP contribution in [0.2, 0.25) is 0 Å². The largest absolute Gasteiger partial charge is 0.464 e. The molecule has 0 atom stereocenters. The molecule has 0 saturated carbocycles. The lowest BCUT2D eigenvalue weighted by molar-refractivity contribution is -0.137. The number of nitrogen functional groups attached to an aromatic ring is 1. The van der Waals surface area contributed by atoms with Gasteiger partial charge < -0.3 is 15.8 Å².